The third-order valence-corrected chi connectivity index (χ3v) is 8.77. The van der Waals surface area contributed by atoms with Gasteiger partial charge in [-0.3, -0.25) is 14.5 Å². The number of ether oxygens (including phenoxy) is 2. The van der Waals surface area contributed by atoms with E-state index in [-0.39, 0.29) is 34.6 Å². The number of benzene rings is 2. The number of methoxy groups -OCH3 is 1. The molecular formula is C22H26N2O10S3. The fourth-order valence-electron chi connectivity index (χ4n) is 3.83. The van der Waals surface area contributed by atoms with Gasteiger partial charge in [0.15, 0.2) is 11.5 Å². The van der Waals surface area contributed by atoms with Crippen LogP contribution in [0, 0.1) is 0 Å². The highest BCUT2D eigenvalue weighted by Crippen LogP contribution is 2.39. The SMILES string of the molecule is C.CCOc1cc(C(C=S(=O)=O)N2C(=O)c3cccc(N(S(C)(=O)=O)S(C)(=O)=O)c3C2=O)ccc1OC. The molecule has 0 N–H and O–H groups in total. The van der Waals surface area contributed by atoms with Gasteiger partial charge in [0.25, 0.3) is 11.8 Å². The lowest BCUT2D eigenvalue weighted by Crippen LogP contribution is -2.37. The molecule has 0 radical (unpaired) electrons. The Balaban J connectivity index is 0.00000481. The summed E-state index contributed by atoms with van der Waals surface area (Å²) in [5.41, 5.74) is -1.16. The second-order valence-corrected chi connectivity index (χ2v) is 12.3. The number of carbonyl (C=O) groups excluding carboxylic acids is 2. The molecule has 0 aliphatic carbocycles. The molecule has 37 heavy (non-hydrogen) atoms. The highest BCUT2D eigenvalue weighted by atomic mass is 32.3. The van der Waals surface area contributed by atoms with Crippen molar-refractivity contribution in [1.29, 1.82) is 0 Å². The van der Waals surface area contributed by atoms with Crippen LogP contribution in [-0.2, 0) is 30.3 Å². The van der Waals surface area contributed by atoms with Gasteiger partial charge in [-0.15, -0.1) is 0 Å². The molecule has 3 rings (SSSR count). The number of hydrogen-bond donors (Lipinski definition) is 0. The van der Waals surface area contributed by atoms with Gasteiger partial charge in [-0.25, -0.2) is 16.8 Å². The lowest BCUT2D eigenvalue weighted by atomic mass is 10.1. The zero-order chi connectivity index (χ0) is 27.0. The molecule has 0 saturated carbocycles. The molecule has 2 amide bonds. The van der Waals surface area contributed by atoms with Crippen LogP contribution in [0.5, 0.6) is 11.5 Å². The smallest absolute Gasteiger partial charge is 0.264 e. The largest absolute Gasteiger partial charge is 0.493 e. The maximum absolute atomic E-state index is 13.5. The summed E-state index contributed by atoms with van der Waals surface area (Å²) in [4.78, 5) is 27.5. The van der Waals surface area contributed by atoms with Crippen molar-refractivity contribution in [2.75, 3.05) is 29.9 Å². The normalized spacial score (nSPS) is 13.9. The maximum atomic E-state index is 13.5. The van der Waals surface area contributed by atoms with Gasteiger partial charge in [-0.1, -0.05) is 19.6 Å². The Morgan fingerprint density at radius 1 is 1.00 bits per heavy atom. The summed E-state index contributed by atoms with van der Waals surface area (Å²) >= 11 is 0. The molecule has 0 saturated heterocycles. The minimum absolute atomic E-state index is 0. The number of nitrogens with zero attached hydrogens (tertiary/aromatic N) is 2. The first-order valence-electron chi connectivity index (χ1n) is 10.2. The van der Waals surface area contributed by atoms with Crippen LogP contribution in [0.15, 0.2) is 36.4 Å². The standard InChI is InChI=1S/C21H22N2O10S3.CH4/c1-5-33-18-11-13(9-10-17(18)32-2)16(12-34(26)27)22-20(24)14-7-6-8-15(19(14)21(22)25)23(35(3,28)29)36(4,30)31;/h6-12,16H,5H2,1-4H3;1H4. The number of sulfonamides is 2. The van der Waals surface area contributed by atoms with E-state index in [4.69, 9.17) is 9.47 Å². The van der Waals surface area contributed by atoms with E-state index >= 15 is 0 Å². The minimum atomic E-state index is -4.44. The second kappa shape index (κ2) is 10.9. The maximum Gasteiger partial charge on any atom is 0.264 e. The average Bonchev–Trinajstić information content (AvgIpc) is 3.01. The first-order valence-corrected chi connectivity index (χ1v) is 15.0. The van der Waals surface area contributed by atoms with E-state index < -0.39 is 59.4 Å². The molecule has 202 valence electrons. The van der Waals surface area contributed by atoms with Crippen molar-refractivity contribution in [2.24, 2.45) is 0 Å². The highest BCUT2D eigenvalue weighted by molar-refractivity contribution is 8.09. The van der Waals surface area contributed by atoms with Crippen LogP contribution in [0.3, 0.4) is 0 Å². The lowest BCUT2D eigenvalue weighted by molar-refractivity contribution is 0.0628. The van der Waals surface area contributed by atoms with Crippen molar-refractivity contribution in [1.82, 2.24) is 4.90 Å². The van der Waals surface area contributed by atoms with E-state index in [9.17, 15) is 34.8 Å². The van der Waals surface area contributed by atoms with Crippen LogP contribution >= 0.6 is 0 Å². The van der Waals surface area contributed by atoms with Crippen LogP contribution in [-0.4, -0.2) is 73.6 Å². The first-order chi connectivity index (χ1) is 16.7. The molecule has 0 spiro atoms. The summed E-state index contributed by atoms with van der Waals surface area (Å²) in [7, 11) is -10.3. The Bertz CT molecular complexity index is 1560. The molecule has 2 aromatic rings. The van der Waals surface area contributed by atoms with Crippen molar-refractivity contribution in [3.05, 3.63) is 53.1 Å². The number of rotatable bonds is 9. The predicted molar refractivity (Wildman–Crippen MR) is 138 cm³/mol. The van der Waals surface area contributed by atoms with E-state index in [0.717, 1.165) is 6.07 Å². The van der Waals surface area contributed by atoms with Gasteiger partial charge >= 0.3 is 0 Å². The molecule has 12 nitrogen and oxygen atoms in total. The number of carbonyl (C=O) groups is 2. The van der Waals surface area contributed by atoms with Gasteiger partial charge in [0.2, 0.25) is 30.3 Å². The number of hydrogen-bond acceptors (Lipinski definition) is 10. The summed E-state index contributed by atoms with van der Waals surface area (Å²) in [6.45, 7) is 1.95. The predicted octanol–water partition coefficient (Wildman–Crippen LogP) is 1.47. The number of fused-ring (bicyclic) bond motifs is 1. The van der Waals surface area contributed by atoms with Gasteiger partial charge in [-0.05, 0) is 36.8 Å². The molecule has 1 unspecified atom stereocenters. The van der Waals surface area contributed by atoms with Crippen molar-refractivity contribution >= 4 is 53.2 Å². The Morgan fingerprint density at radius 3 is 2.14 bits per heavy atom. The van der Waals surface area contributed by atoms with Crippen LogP contribution in [0.25, 0.3) is 0 Å². The third kappa shape index (κ3) is 5.78. The molecule has 15 heteroatoms. The highest BCUT2D eigenvalue weighted by Gasteiger charge is 2.44. The molecule has 2 aromatic carbocycles. The molecule has 1 aliphatic rings. The Labute approximate surface area is 217 Å². The summed E-state index contributed by atoms with van der Waals surface area (Å²) in [5, 5.41) is 0.712. The fourth-order valence-corrected chi connectivity index (χ4v) is 7.31. The summed E-state index contributed by atoms with van der Waals surface area (Å²) in [6.07, 6.45) is 1.27. The number of anilines is 1. The summed E-state index contributed by atoms with van der Waals surface area (Å²) in [5.74, 6) is -1.47. The quantitative estimate of drug-likeness (QED) is 0.317. The van der Waals surface area contributed by atoms with Gasteiger partial charge < -0.3 is 9.47 Å². The Kier molecular flexibility index (Phi) is 8.78. The van der Waals surface area contributed by atoms with Crippen LogP contribution in [0.2, 0.25) is 0 Å². The molecule has 0 bridgehead atoms. The van der Waals surface area contributed by atoms with Crippen LogP contribution in [0.1, 0.15) is 46.7 Å². The van der Waals surface area contributed by atoms with Crippen molar-refractivity contribution in [2.45, 2.75) is 20.4 Å². The second-order valence-electron chi connectivity index (χ2n) is 7.59. The van der Waals surface area contributed by atoms with Gasteiger partial charge in [0.05, 0.1) is 54.5 Å². The van der Waals surface area contributed by atoms with Gasteiger partial charge in [0, 0.05) is 0 Å². The van der Waals surface area contributed by atoms with E-state index in [1.165, 1.54) is 37.4 Å². The molecule has 1 aliphatic heterocycles. The minimum Gasteiger partial charge on any atom is -0.493 e. The average molecular weight is 575 g/mol. The molecule has 1 atom stereocenters. The van der Waals surface area contributed by atoms with E-state index in [1.54, 1.807) is 6.92 Å². The van der Waals surface area contributed by atoms with Crippen LogP contribution in [0.4, 0.5) is 5.69 Å². The molecular weight excluding hydrogens is 548 g/mol. The zero-order valence-electron chi connectivity index (χ0n) is 19.5. The third-order valence-electron chi connectivity index (χ3n) is 5.07. The molecule has 1 heterocycles. The van der Waals surface area contributed by atoms with E-state index in [1.807, 2.05) is 0 Å². The Hall–Kier alpha value is -3.43. The van der Waals surface area contributed by atoms with Crippen molar-refractivity contribution < 1.29 is 44.3 Å². The van der Waals surface area contributed by atoms with Crippen LogP contribution < -0.4 is 13.2 Å². The summed E-state index contributed by atoms with van der Waals surface area (Å²) < 4.78 is 83.4. The van der Waals surface area contributed by atoms with Gasteiger partial charge in [0.1, 0.15) is 0 Å². The van der Waals surface area contributed by atoms with E-state index in [2.05, 4.69) is 0 Å². The van der Waals surface area contributed by atoms with E-state index in [0.29, 0.717) is 28.5 Å². The first kappa shape index (κ1) is 29.8. The fraction of sp³-hybridized carbons (Fsp3) is 0.318. The zero-order valence-corrected chi connectivity index (χ0v) is 22.0. The van der Waals surface area contributed by atoms with Crippen molar-refractivity contribution in [3.8, 4) is 11.5 Å². The molecule has 0 fully saturated rings. The number of amides is 2. The van der Waals surface area contributed by atoms with Gasteiger partial charge in [-0.2, -0.15) is 12.1 Å². The Morgan fingerprint density at radius 2 is 1.62 bits per heavy atom. The lowest BCUT2D eigenvalue weighted by Gasteiger charge is -2.24. The monoisotopic (exact) mass is 574 g/mol. The topological polar surface area (TPSA) is 161 Å². The summed E-state index contributed by atoms with van der Waals surface area (Å²) in [6, 6.07) is 6.34. The number of imide groups is 1. The molecule has 0 aromatic heterocycles. The van der Waals surface area contributed by atoms with Crippen molar-refractivity contribution in [3.63, 3.8) is 0 Å².